The maximum absolute atomic E-state index is 11.7. The Hall–Kier alpha value is -2.55. The highest BCUT2D eigenvalue weighted by atomic mass is 16.5. The Kier molecular flexibility index (Phi) is 2.81. The molecule has 3 aliphatic heterocycles. The van der Waals surface area contributed by atoms with Gasteiger partial charge in [-0.25, -0.2) is 0 Å². The SMILES string of the molecule is Cc1ccc2c(c1)C(C)(C)C1=C3C=C4C=CC(=O)C=C4OC3CCN12. The number of aryl methyl sites for hydroxylation is 1. The molecule has 1 aromatic carbocycles. The second-order valence-corrected chi connectivity index (χ2v) is 7.84. The van der Waals surface area contributed by atoms with Crippen molar-refractivity contribution < 1.29 is 9.53 Å². The Labute approximate surface area is 148 Å². The van der Waals surface area contributed by atoms with Crippen molar-refractivity contribution in [3.8, 4) is 0 Å². The summed E-state index contributed by atoms with van der Waals surface area (Å²) >= 11 is 0. The lowest BCUT2D eigenvalue weighted by Gasteiger charge is -2.40. The highest BCUT2D eigenvalue weighted by molar-refractivity contribution is 6.02. The molecule has 3 nitrogen and oxygen atoms in total. The molecule has 1 unspecified atom stereocenters. The van der Waals surface area contributed by atoms with E-state index in [9.17, 15) is 4.79 Å². The fourth-order valence-electron chi connectivity index (χ4n) is 4.62. The Morgan fingerprint density at radius 1 is 1.20 bits per heavy atom. The number of rotatable bonds is 0. The molecule has 1 atom stereocenters. The van der Waals surface area contributed by atoms with Gasteiger partial charge in [0.25, 0.3) is 0 Å². The molecule has 5 rings (SSSR count). The van der Waals surface area contributed by atoms with Gasteiger partial charge in [-0.2, -0.15) is 0 Å². The van der Waals surface area contributed by atoms with E-state index >= 15 is 0 Å². The number of nitrogens with zero attached hydrogens (tertiary/aromatic N) is 1. The maximum Gasteiger partial charge on any atom is 0.182 e. The predicted octanol–water partition coefficient (Wildman–Crippen LogP) is 4.10. The first-order valence-electron chi connectivity index (χ1n) is 8.91. The van der Waals surface area contributed by atoms with Gasteiger partial charge >= 0.3 is 0 Å². The van der Waals surface area contributed by atoms with E-state index in [-0.39, 0.29) is 17.3 Å². The smallest absolute Gasteiger partial charge is 0.182 e. The third kappa shape index (κ3) is 1.95. The van der Waals surface area contributed by atoms with Gasteiger partial charge < -0.3 is 9.64 Å². The summed E-state index contributed by atoms with van der Waals surface area (Å²) < 4.78 is 6.22. The van der Waals surface area contributed by atoms with Crippen molar-refractivity contribution in [1.29, 1.82) is 0 Å². The highest BCUT2D eigenvalue weighted by Gasteiger charge is 2.46. The summed E-state index contributed by atoms with van der Waals surface area (Å²) in [5.74, 6) is 0.726. The van der Waals surface area contributed by atoms with Gasteiger partial charge in [-0.3, -0.25) is 4.79 Å². The van der Waals surface area contributed by atoms with E-state index < -0.39 is 0 Å². The maximum atomic E-state index is 11.7. The number of hydrogen-bond donors (Lipinski definition) is 0. The van der Waals surface area contributed by atoms with Crippen LogP contribution in [0.15, 0.2) is 65.1 Å². The van der Waals surface area contributed by atoms with Gasteiger partial charge in [0.15, 0.2) is 5.78 Å². The van der Waals surface area contributed by atoms with E-state index in [2.05, 4.69) is 49.9 Å². The number of ether oxygens (including phenoxy) is 1. The Balaban J connectivity index is 1.73. The Bertz CT molecular complexity index is 943. The summed E-state index contributed by atoms with van der Waals surface area (Å²) in [7, 11) is 0. The molecular formula is C22H21NO2. The minimum absolute atomic E-state index is 0.00441. The topological polar surface area (TPSA) is 29.5 Å². The van der Waals surface area contributed by atoms with Gasteiger partial charge in [0.2, 0.25) is 0 Å². The van der Waals surface area contributed by atoms with Gasteiger partial charge in [0.1, 0.15) is 11.9 Å². The van der Waals surface area contributed by atoms with Crippen LogP contribution in [0.25, 0.3) is 0 Å². The minimum atomic E-state index is -0.0504. The van der Waals surface area contributed by atoms with Crippen LogP contribution in [0.3, 0.4) is 0 Å². The highest BCUT2D eigenvalue weighted by Crippen LogP contribution is 2.52. The van der Waals surface area contributed by atoms with Crippen LogP contribution in [-0.4, -0.2) is 18.4 Å². The molecule has 0 spiro atoms. The lowest BCUT2D eigenvalue weighted by atomic mass is 9.78. The second kappa shape index (κ2) is 4.75. The Morgan fingerprint density at radius 2 is 2.04 bits per heavy atom. The van der Waals surface area contributed by atoms with Crippen molar-refractivity contribution in [2.45, 2.75) is 38.7 Å². The third-order valence-electron chi connectivity index (χ3n) is 5.78. The zero-order chi connectivity index (χ0) is 17.3. The number of fused-ring (bicyclic) bond motifs is 5. The summed E-state index contributed by atoms with van der Waals surface area (Å²) in [6.07, 6.45) is 8.29. The normalized spacial score (nSPS) is 25.5. The zero-order valence-electron chi connectivity index (χ0n) is 14.8. The quantitative estimate of drug-likeness (QED) is 0.717. The molecule has 4 aliphatic rings. The van der Waals surface area contributed by atoms with Gasteiger partial charge in [-0.15, -0.1) is 0 Å². The first kappa shape index (κ1) is 14.8. The van der Waals surface area contributed by atoms with Crippen LogP contribution >= 0.6 is 0 Å². The van der Waals surface area contributed by atoms with Crippen LogP contribution < -0.4 is 4.90 Å². The standard InChI is InChI=1S/C22H21NO2/c1-13-4-7-18-17(10-13)22(2,3)21-16-11-14-5-6-15(24)12-20(14)25-19(16)8-9-23(18)21/h4-7,10-12,19H,8-9H2,1-3H3. The monoisotopic (exact) mass is 331 g/mol. The summed E-state index contributed by atoms with van der Waals surface area (Å²) in [5.41, 5.74) is 7.58. The zero-order valence-corrected chi connectivity index (χ0v) is 14.8. The predicted molar refractivity (Wildman–Crippen MR) is 98.4 cm³/mol. The summed E-state index contributed by atoms with van der Waals surface area (Å²) in [4.78, 5) is 14.1. The molecule has 0 radical (unpaired) electrons. The van der Waals surface area contributed by atoms with Crippen LogP contribution in [0.1, 0.15) is 31.4 Å². The number of benzene rings is 1. The lowest BCUT2D eigenvalue weighted by molar-refractivity contribution is -0.110. The summed E-state index contributed by atoms with van der Waals surface area (Å²) in [6, 6.07) is 6.76. The molecule has 1 aromatic rings. The molecular weight excluding hydrogens is 310 g/mol. The largest absolute Gasteiger partial charge is 0.485 e. The molecule has 3 heteroatoms. The van der Waals surface area contributed by atoms with Crippen LogP contribution in [0.2, 0.25) is 0 Å². The third-order valence-corrected chi connectivity index (χ3v) is 5.78. The average Bonchev–Trinajstić information content (AvgIpc) is 2.80. The fourth-order valence-corrected chi connectivity index (χ4v) is 4.62. The van der Waals surface area contributed by atoms with Crippen molar-refractivity contribution in [3.05, 3.63) is 76.2 Å². The van der Waals surface area contributed by atoms with E-state index in [0.29, 0.717) is 0 Å². The molecule has 0 fully saturated rings. The van der Waals surface area contributed by atoms with Crippen LogP contribution in [0.4, 0.5) is 5.69 Å². The van der Waals surface area contributed by atoms with Crippen LogP contribution in [-0.2, 0) is 14.9 Å². The second-order valence-electron chi connectivity index (χ2n) is 7.84. The molecule has 1 aliphatic carbocycles. The lowest BCUT2D eigenvalue weighted by Crippen LogP contribution is -2.39. The van der Waals surface area contributed by atoms with Crippen molar-refractivity contribution in [1.82, 2.24) is 0 Å². The van der Waals surface area contributed by atoms with E-state index in [4.69, 9.17) is 4.74 Å². The van der Waals surface area contributed by atoms with Gasteiger partial charge in [0, 0.05) is 47.0 Å². The fraction of sp³-hybridized carbons (Fsp3) is 0.318. The molecule has 0 saturated heterocycles. The number of anilines is 1. The molecule has 0 aromatic heterocycles. The van der Waals surface area contributed by atoms with Gasteiger partial charge in [-0.1, -0.05) is 31.5 Å². The van der Waals surface area contributed by atoms with E-state index in [1.807, 2.05) is 6.08 Å². The van der Waals surface area contributed by atoms with Crippen molar-refractivity contribution >= 4 is 11.5 Å². The first-order valence-corrected chi connectivity index (χ1v) is 8.91. The molecule has 0 saturated carbocycles. The van der Waals surface area contributed by atoms with Crippen molar-refractivity contribution in [2.24, 2.45) is 0 Å². The van der Waals surface area contributed by atoms with E-state index in [0.717, 1.165) is 24.3 Å². The number of hydrogen-bond acceptors (Lipinski definition) is 3. The molecule has 126 valence electrons. The Morgan fingerprint density at radius 3 is 2.88 bits per heavy atom. The van der Waals surface area contributed by atoms with E-state index in [1.54, 1.807) is 12.2 Å². The molecule has 25 heavy (non-hydrogen) atoms. The first-order chi connectivity index (χ1) is 11.9. The summed E-state index contributed by atoms with van der Waals surface area (Å²) in [5, 5.41) is 0. The van der Waals surface area contributed by atoms with Gasteiger partial charge in [0.05, 0.1) is 0 Å². The number of carbonyl (C=O) groups excluding carboxylic acids is 1. The van der Waals surface area contributed by atoms with E-state index in [1.165, 1.54) is 28.1 Å². The van der Waals surface area contributed by atoms with Crippen molar-refractivity contribution in [2.75, 3.05) is 11.4 Å². The van der Waals surface area contributed by atoms with Crippen LogP contribution in [0.5, 0.6) is 0 Å². The number of allylic oxidation sites excluding steroid dienone is 4. The minimum Gasteiger partial charge on any atom is -0.485 e. The number of carbonyl (C=O) groups is 1. The molecule has 0 bridgehead atoms. The number of ketones is 1. The molecule has 3 heterocycles. The average molecular weight is 331 g/mol. The van der Waals surface area contributed by atoms with Crippen molar-refractivity contribution in [3.63, 3.8) is 0 Å². The molecule has 0 N–H and O–H groups in total. The molecule has 0 amide bonds. The van der Waals surface area contributed by atoms with Crippen LogP contribution in [0, 0.1) is 6.92 Å². The summed E-state index contributed by atoms with van der Waals surface area (Å²) in [6.45, 7) is 7.71. The van der Waals surface area contributed by atoms with Gasteiger partial charge in [-0.05, 0) is 36.8 Å².